The Balaban J connectivity index is 1.96. The van der Waals surface area contributed by atoms with Gasteiger partial charge >= 0.3 is 0 Å². The van der Waals surface area contributed by atoms with Gasteiger partial charge in [0.15, 0.2) is 5.96 Å². The van der Waals surface area contributed by atoms with E-state index >= 15 is 0 Å². The maximum absolute atomic E-state index is 8.85. The van der Waals surface area contributed by atoms with Gasteiger partial charge in [-0.3, -0.25) is 0 Å². The second kappa shape index (κ2) is 6.24. The Hall–Kier alpha value is -2.02. The number of nitriles is 1. The number of nitrogens with zero attached hydrogens (tertiary/aromatic N) is 3. The van der Waals surface area contributed by atoms with E-state index in [1.54, 1.807) is 6.07 Å². The van der Waals surface area contributed by atoms with Gasteiger partial charge in [0.1, 0.15) is 0 Å². The Morgan fingerprint density at radius 2 is 2.21 bits per heavy atom. The van der Waals surface area contributed by atoms with E-state index in [2.05, 4.69) is 22.9 Å². The van der Waals surface area contributed by atoms with E-state index in [9.17, 15) is 0 Å². The van der Waals surface area contributed by atoms with Crippen molar-refractivity contribution in [3.8, 4) is 6.07 Å². The SMILES string of the molecule is CC1CCN(C(N)=NCc2cccc(C#N)c2)CC1. The molecule has 0 radical (unpaired) electrons. The summed E-state index contributed by atoms with van der Waals surface area (Å²) in [5, 5.41) is 8.85. The number of nitrogens with two attached hydrogens (primary N) is 1. The maximum Gasteiger partial charge on any atom is 0.191 e. The molecule has 1 fully saturated rings. The Bertz CT molecular complexity index is 493. The molecule has 1 aliphatic heterocycles. The minimum Gasteiger partial charge on any atom is -0.370 e. The summed E-state index contributed by atoms with van der Waals surface area (Å²) in [4.78, 5) is 6.58. The lowest BCUT2D eigenvalue weighted by atomic mass is 10.00. The maximum atomic E-state index is 8.85. The van der Waals surface area contributed by atoms with E-state index in [4.69, 9.17) is 11.0 Å². The third kappa shape index (κ3) is 3.72. The number of guanidine groups is 1. The number of hydrogen-bond donors (Lipinski definition) is 1. The summed E-state index contributed by atoms with van der Waals surface area (Å²) in [7, 11) is 0. The van der Waals surface area contributed by atoms with E-state index < -0.39 is 0 Å². The molecule has 1 saturated heterocycles. The van der Waals surface area contributed by atoms with Crippen LogP contribution < -0.4 is 5.73 Å². The highest BCUT2D eigenvalue weighted by Crippen LogP contribution is 2.15. The molecule has 4 nitrogen and oxygen atoms in total. The number of benzene rings is 1. The fourth-order valence-corrected chi connectivity index (χ4v) is 2.25. The minimum atomic E-state index is 0.535. The molecule has 0 unspecified atom stereocenters. The summed E-state index contributed by atoms with van der Waals surface area (Å²) in [6, 6.07) is 9.63. The van der Waals surface area contributed by atoms with Gasteiger partial charge in [0.05, 0.1) is 18.2 Å². The summed E-state index contributed by atoms with van der Waals surface area (Å²) in [5.41, 5.74) is 7.71. The Morgan fingerprint density at radius 1 is 1.47 bits per heavy atom. The first-order chi connectivity index (χ1) is 9.19. The van der Waals surface area contributed by atoms with Crippen molar-refractivity contribution in [3.05, 3.63) is 35.4 Å². The molecule has 0 atom stereocenters. The molecule has 19 heavy (non-hydrogen) atoms. The fourth-order valence-electron chi connectivity index (χ4n) is 2.25. The number of likely N-dealkylation sites (tertiary alicyclic amines) is 1. The fraction of sp³-hybridized carbons (Fsp3) is 0.467. The molecular formula is C15H20N4. The normalized spacial score (nSPS) is 17.3. The highest BCUT2D eigenvalue weighted by molar-refractivity contribution is 5.78. The molecule has 1 aromatic rings. The lowest BCUT2D eigenvalue weighted by Crippen LogP contribution is -2.42. The van der Waals surface area contributed by atoms with Gasteiger partial charge in [0.2, 0.25) is 0 Å². The molecule has 4 heteroatoms. The van der Waals surface area contributed by atoms with Gasteiger partial charge in [-0.25, -0.2) is 4.99 Å². The number of piperidine rings is 1. The molecule has 0 amide bonds. The topological polar surface area (TPSA) is 65.4 Å². The molecule has 0 saturated carbocycles. The average molecular weight is 256 g/mol. The Kier molecular flexibility index (Phi) is 4.40. The van der Waals surface area contributed by atoms with Crippen molar-refractivity contribution < 1.29 is 0 Å². The molecule has 0 bridgehead atoms. The van der Waals surface area contributed by atoms with E-state index in [0.29, 0.717) is 18.1 Å². The predicted octanol–water partition coefficient (Wildman–Crippen LogP) is 2.10. The van der Waals surface area contributed by atoms with Crippen LogP contribution >= 0.6 is 0 Å². The zero-order chi connectivity index (χ0) is 13.7. The van der Waals surface area contributed by atoms with Crippen LogP contribution in [-0.2, 0) is 6.54 Å². The molecule has 2 rings (SSSR count). The van der Waals surface area contributed by atoms with Crippen molar-refractivity contribution >= 4 is 5.96 Å². The lowest BCUT2D eigenvalue weighted by Gasteiger charge is -2.31. The second-order valence-electron chi connectivity index (χ2n) is 5.16. The molecule has 2 N–H and O–H groups in total. The zero-order valence-corrected chi connectivity index (χ0v) is 11.3. The van der Waals surface area contributed by atoms with E-state index in [0.717, 1.165) is 24.6 Å². The van der Waals surface area contributed by atoms with E-state index in [1.165, 1.54) is 12.8 Å². The van der Waals surface area contributed by atoms with Crippen LogP contribution in [0.3, 0.4) is 0 Å². The first-order valence-electron chi connectivity index (χ1n) is 6.73. The van der Waals surface area contributed by atoms with Gasteiger partial charge in [-0.2, -0.15) is 5.26 Å². The molecule has 1 heterocycles. The first-order valence-corrected chi connectivity index (χ1v) is 6.73. The smallest absolute Gasteiger partial charge is 0.191 e. The van der Waals surface area contributed by atoms with Gasteiger partial charge in [0.25, 0.3) is 0 Å². The highest BCUT2D eigenvalue weighted by atomic mass is 15.3. The largest absolute Gasteiger partial charge is 0.370 e. The van der Waals surface area contributed by atoms with E-state index in [-0.39, 0.29) is 0 Å². The molecule has 1 aliphatic rings. The summed E-state index contributed by atoms with van der Waals surface area (Å²) >= 11 is 0. The highest BCUT2D eigenvalue weighted by Gasteiger charge is 2.16. The molecule has 0 aromatic heterocycles. The summed E-state index contributed by atoms with van der Waals surface area (Å²) in [6.07, 6.45) is 2.36. The molecule has 0 spiro atoms. The Morgan fingerprint density at radius 3 is 2.89 bits per heavy atom. The van der Waals surface area contributed by atoms with Crippen molar-refractivity contribution in [1.29, 1.82) is 5.26 Å². The summed E-state index contributed by atoms with van der Waals surface area (Å²) in [6.45, 7) is 4.80. The van der Waals surface area contributed by atoms with Crippen LogP contribution in [0.15, 0.2) is 29.3 Å². The van der Waals surface area contributed by atoms with Gasteiger partial charge < -0.3 is 10.6 Å². The van der Waals surface area contributed by atoms with Crippen LogP contribution in [0.25, 0.3) is 0 Å². The van der Waals surface area contributed by atoms with Crippen molar-refractivity contribution in [2.75, 3.05) is 13.1 Å². The molecule has 0 aliphatic carbocycles. The monoisotopic (exact) mass is 256 g/mol. The quantitative estimate of drug-likeness (QED) is 0.651. The summed E-state index contributed by atoms with van der Waals surface area (Å²) < 4.78 is 0. The number of aliphatic imine (C=N–C) groups is 1. The summed E-state index contributed by atoms with van der Waals surface area (Å²) in [5.74, 6) is 1.41. The number of rotatable bonds is 2. The van der Waals surface area contributed by atoms with Gasteiger partial charge in [-0.05, 0) is 36.5 Å². The van der Waals surface area contributed by atoms with Crippen LogP contribution in [0.2, 0.25) is 0 Å². The standard InChI is InChI=1S/C15H20N4/c1-12-5-7-19(8-6-12)15(17)18-11-14-4-2-3-13(9-14)10-16/h2-4,9,12H,5-8,11H2,1H3,(H2,17,18). The third-order valence-electron chi connectivity index (χ3n) is 3.59. The molecule has 1 aromatic carbocycles. The molecule has 100 valence electrons. The van der Waals surface area contributed by atoms with Crippen molar-refractivity contribution in [2.24, 2.45) is 16.6 Å². The van der Waals surface area contributed by atoms with Crippen LogP contribution in [0, 0.1) is 17.2 Å². The average Bonchev–Trinajstić information content (AvgIpc) is 2.46. The Labute approximate surface area is 114 Å². The van der Waals surface area contributed by atoms with Crippen LogP contribution in [0.5, 0.6) is 0 Å². The van der Waals surface area contributed by atoms with E-state index in [1.807, 2.05) is 18.2 Å². The second-order valence-corrected chi connectivity index (χ2v) is 5.16. The first kappa shape index (κ1) is 13.4. The van der Waals surface area contributed by atoms with Crippen molar-refractivity contribution in [3.63, 3.8) is 0 Å². The van der Waals surface area contributed by atoms with Gasteiger partial charge in [0, 0.05) is 13.1 Å². The van der Waals surface area contributed by atoms with Gasteiger partial charge in [-0.15, -0.1) is 0 Å². The van der Waals surface area contributed by atoms with Crippen LogP contribution in [-0.4, -0.2) is 23.9 Å². The van der Waals surface area contributed by atoms with Crippen molar-refractivity contribution in [2.45, 2.75) is 26.3 Å². The lowest BCUT2D eigenvalue weighted by molar-refractivity contribution is 0.277. The van der Waals surface area contributed by atoms with Crippen LogP contribution in [0.1, 0.15) is 30.9 Å². The zero-order valence-electron chi connectivity index (χ0n) is 11.3. The van der Waals surface area contributed by atoms with Crippen LogP contribution in [0.4, 0.5) is 0 Å². The minimum absolute atomic E-state index is 0.535. The third-order valence-corrected chi connectivity index (χ3v) is 3.59. The molecular weight excluding hydrogens is 236 g/mol. The predicted molar refractivity (Wildman–Crippen MR) is 76.5 cm³/mol. The van der Waals surface area contributed by atoms with Crippen molar-refractivity contribution in [1.82, 2.24) is 4.90 Å². The number of hydrogen-bond acceptors (Lipinski definition) is 2. The van der Waals surface area contributed by atoms with Gasteiger partial charge in [-0.1, -0.05) is 19.1 Å².